The molecule has 0 atom stereocenters. The number of rotatable bonds is 7. The van der Waals surface area contributed by atoms with Gasteiger partial charge in [-0.1, -0.05) is 36.4 Å². The molecule has 0 aliphatic carbocycles. The molecule has 0 spiro atoms. The van der Waals surface area contributed by atoms with Crippen LogP contribution in [0.1, 0.15) is 21.5 Å². The van der Waals surface area contributed by atoms with Crippen LogP contribution in [0, 0.1) is 6.92 Å². The Morgan fingerprint density at radius 3 is 2.52 bits per heavy atom. The van der Waals surface area contributed by atoms with E-state index in [9.17, 15) is 9.59 Å². The third kappa shape index (κ3) is 5.42. The second-order valence-corrected chi connectivity index (χ2v) is 8.21. The van der Waals surface area contributed by atoms with E-state index in [1.54, 1.807) is 29.6 Å². The number of carbonyl (C=O) groups excluding carboxylic acids is 2. The van der Waals surface area contributed by atoms with Gasteiger partial charge in [0.25, 0.3) is 5.91 Å². The Kier molecular flexibility index (Phi) is 6.46. The lowest BCUT2D eigenvalue weighted by Gasteiger charge is -2.15. The Balaban J connectivity index is 1.53. The number of amides is 2. The minimum Gasteiger partial charge on any atom is -0.323 e. The monoisotopic (exact) mass is 442 g/mol. The topological polar surface area (TPSA) is 92.2 Å². The summed E-state index contributed by atoms with van der Waals surface area (Å²) in [7, 11) is 3.64. The van der Waals surface area contributed by atoms with Gasteiger partial charge in [-0.3, -0.25) is 9.59 Å². The van der Waals surface area contributed by atoms with Crippen molar-refractivity contribution in [2.24, 2.45) is 0 Å². The van der Waals surface area contributed by atoms with Crippen LogP contribution in [0.4, 0.5) is 11.4 Å². The van der Waals surface area contributed by atoms with Gasteiger partial charge in [0.15, 0.2) is 5.65 Å². The molecule has 0 saturated heterocycles. The molecule has 0 aliphatic rings. The Morgan fingerprint density at radius 2 is 1.76 bits per heavy atom. The minimum absolute atomic E-state index is 0.161. The first-order valence-corrected chi connectivity index (χ1v) is 10.6. The van der Waals surface area contributed by atoms with E-state index in [1.165, 1.54) is 0 Å². The number of aromatic nitrogens is 3. The van der Waals surface area contributed by atoms with Crippen LogP contribution >= 0.6 is 0 Å². The molecule has 2 N–H and O–H groups in total. The van der Waals surface area contributed by atoms with Gasteiger partial charge >= 0.3 is 0 Å². The number of benzene rings is 2. The third-order valence-corrected chi connectivity index (χ3v) is 5.07. The SMILES string of the molecule is Cc1ccc(NC(=O)CN(C)C)c(NC(=O)c2cnc3c(c2)ncn3Cc2ccccc2)c1. The first kappa shape index (κ1) is 22.2. The van der Waals surface area contributed by atoms with E-state index >= 15 is 0 Å². The normalized spacial score (nSPS) is 11.0. The highest BCUT2D eigenvalue weighted by atomic mass is 16.2. The predicted octanol–water partition coefficient (Wildman–Crippen LogP) is 3.54. The average molecular weight is 443 g/mol. The van der Waals surface area contributed by atoms with Crippen LogP contribution < -0.4 is 10.6 Å². The number of carbonyl (C=O) groups is 2. The van der Waals surface area contributed by atoms with E-state index < -0.39 is 0 Å². The summed E-state index contributed by atoms with van der Waals surface area (Å²) >= 11 is 0. The van der Waals surface area contributed by atoms with E-state index in [4.69, 9.17) is 0 Å². The number of nitrogens with one attached hydrogen (secondary N) is 2. The molecule has 2 heterocycles. The zero-order valence-corrected chi connectivity index (χ0v) is 18.9. The molecule has 2 aromatic carbocycles. The van der Waals surface area contributed by atoms with Gasteiger partial charge < -0.3 is 20.1 Å². The van der Waals surface area contributed by atoms with Crippen LogP contribution in [0.5, 0.6) is 0 Å². The first-order chi connectivity index (χ1) is 15.9. The summed E-state index contributed by atoms with van der Waals surface area (Å²) in [6, 6.07) is 17.3. The Hall–Kier alpha value is -4.04. The lowest BCUT2D eigenvalue weighted by molar-refractivity contribution is -0.116. The molecular weight excluding hydrogens is 416 g/mol. The second-order valence-electron chi connectivity index (χ2n) is 8.21. The van der Waals surface area contributed by atoms with Gasteiger partial charge in [0.05, 0.1) is 36.4 Å². The minimum atomic E-state index is -0.323. The van der Waals surface area contributed by atoms with Gasteiger partial charge in [0.1, 0.15) is 5.52 Å². The molecule has 33 heavy (non-hydrogen) atoms. The van der Waals surface area contributed by atoms with E-state index in [2.05, 4.69) is 20.6 Å². The summed E-state index contributed by atoms with van der Waals surface area (Å²) in [6.45, 7) is 2.82. The van der Waals surface area contributed by atoms with Gasteiger partial charge in [0, 0.05) is 6.20 Å². The number of imidazole rings is 1. The molecule has 8 heteroatoms. The van der Waals surface area contributed by atoms with Crippen LogP contribution in [-0.4, -0.2) is 51.9 Å². The lowest BCUT2D eigenvalue weighted by atomic mass is 10.1. The molecule has 0 fully saturated rings. The average Bonchev–Trinajstić information content (AvgIpc) is 3.17. The lowest BCUT2D eigenvalue weighted by Crippen LogP contribution is -2.27. The number of hydrogen-bond acceptors (Lipinski definition) is 5. The highest BCUT2D eigenvalue weighted by Gasteiger charge is 2.14. The molecular formula is C25H26N6O2. The zero-order chi connectivity index (χ0) is 23.4. The summed E-state index contributed by atoms with van der Waals surface area (Å²) in [5.41, 5.74) is 4.92. The smallest absolute Gasteiger partial charge is 0.257 e. The van der Waals surface area contributed by atoms with Crippen molar-refractivity contribution in [1.29, 1.82) is 0 Å². The van der Waals surface area contributed by atoms with Gasteiger partial charge in [-0.2, -0.15) is 0 Å². The fourth-order valence-corrected chi connectivity index (χ4v) is 3.51. The van der Waals surface area contributed by atoms with Crippen LogP contribution in [0.15, 0.2) is 67.1 Å². The van der Waals surface area contributed by atoms with Crippen molar-refractivity contribution >= 4 is 34.4 Å². The van der Waals surface area contributed by atoms with E-state index in [0.717, 1.165) is 11.1 Å². The molecule has 4 aromatic rings. The number of anilines is 2. The molecule has 0 unspecified atom stereocenters. The molecule has 2 aromatic heterocycles. The molecule has 168 valence electrons. The molecule has 0 radical (unpaired) electrons. The standard InChI is InChI=1S/C25H26N6O2/c1-17-9-10-20(28-23(32)15-30(2)3)21(11-17)29-25(33)19-12-22-24(26-13-19)31(16-27-22)14-18-7-5-4-6-8-18/h4-13,16H,14-15H2,1-3H3,(H,28,32)(H,29,33). The van der Waals surface area contributed by atoms with Gasteiger partial charge in [0.2, 0.25) is 5.91 Å². The molecule has 0 saturated carbocycles. The Labute approximate surface area is 192 Å². The number of nitrogens with zero attached hydrogens (tertiary/aromatic N) is 4. The van der Waals surface area contributed by atoms with Crippen LogP contribution in [0.2, 0.25) is 0 Å². The van der Waals surface area contributed by atoms with E-state index in [1.807, 2.05) is 68.1 Å². The van der Waals surface area contributed by atoms with Crippen molar-refractivity contribution in [2.75, 3.05) is 31.3 Å². The van der Waals surface area contributed by atoms with Gasteiger partial charge in [-0.15, -0.1) is 0 Å². The second kappa shape index (κ2) is 9.62. The van der Waals surface area contributed by atoms with E-state index in [-0.39, 0.29) is 18.4 Å². The van der Waals surface area contributed by atoms with Crippen molar-refractivity contribution < 1.29 is 9.59 Å². The number of likely N-dealkylation sites (N-methyl/N-ethyl adjacent to an activating group) is 1. The quantitative estimate of drug-likeness (QED) is 0.457. The maximum atomic E-state index is 13.0. The molecule has 0 bridgehead atoms. The fraction of sp³-hybridized carbons (Fsp3) is 0.200. The maximum absolute atomic E-state index is 13.0. The van der Waals surface area contributed by atoms with Crippen LogP contribution in [0.25, 0.3) is 11.2 Å². The molecule has 2 amide bonds. The number of fused-ring (bicyclic) bond motifs is 1. The summed E-state index contributed by atoms with van der Waals surface area (Å²) in [5.74, 6) is -0.484. The molecule has 8 nitrogen and oxygen atoms in total. The summed E-state index contributed by atoms with van der Waals surface area (Å²) < 4.78 is 1.95. The van der Waals surface area contributed by atoms with Crippen molar-refractivity contribution in [3.8, 4) is 0 Å². The summed E-state index contributed by atoms with van der Waals surface area (Å²) in [4.78, 5) is 35.9. The predicted molar refractivity (Wildman–Crippen MR) is 129 cm³/mol. The number of hydrogen-bond donors (Lipinski definition) is 2. The van der Waals surface area contributed by atoms with Gasteiger partial charge in [-0.25, -0.2) is 9.97 Å². The summed E-state index contributed by atoms with van der Waals surface area (Å²) in [5, 5.41) is 5.75. The highest BCUT2D eigenvalue weighted by Crippen LogP contribution is 2.24. The molecule has 0 aliphatic heterocycles. The van der Waals surface area contributed by atoms with Crippen molar-refractivity contribution in [3.63, 3.8) is 0 Å². The largest absolute Gasteiger partial charge is 0.323 e. The van der Waals surface area contributed by atoms with E-state index in [0.29, 0.717) is 34.6 Å². The van der Waals surface area contributed by atoms with Crippen LogP contribution in [-0.2, 0) is 11.3 Å². The molecule has 4 rings (SSSR count). The summed E-state index contributed by atoms with van der Waals surface area (Å²) in [6.07, 6.45) is 3.27. The van der Waals surface area contributed by atoms with Crippen molar-refractivity contribution in [2.45, 2.75) is 13.5 Å². The zero-order valence-electron chi connectivity index (χ0n) is 18.9. The number of aryl methyl sites for hydroxylation is 1. The fourth-order valence-electron chi connectivity index (χ4n) is 3.51. The Bertz CT molecular complexity index is 1300. The van der Waals surface area contributed by atoms with Crippen molar-refractivity contribution in [3.05, 3.63) is 83.8 Å². The Morgan fingerprint density at radius 1 is 0.970 bits per heavy atom. The van der Waals surface area contributed by atoms with Gasteiger partial charge in [-0.05, 0) is 50.3 Å². The van der Waals surface area contributed by atoms with Crippen LogP contribution in [0.3, 0.4) is 0 Å². The maximum Gasteiger partial charge on any atom is 0.257 e. The number of pyridine rings is 1. The highest BCUT2D eigenvalue weighted by molar-refractivity contribution is 6.08. The third-order valence-electron chi connectivity index (χ3n) is 5.07. The first-order valence-electron chi connectivity index (χ1n) is 10.6. The van der Waals surface area contributed by atoms with Crippen molar-refractivity contribution in [1.82, 2.24) is 19.4 Å².